The summed E-state index contributed by atoms with van der Waals surface area (Å²) < 4.78 is 0. The molecule has 0 spiro atoms. The van der Waals surface area contributed by atoms with E-state index in [0.29, 0.717) is 5.69 Å². The molecule has 0 amide bonds. The normalized spacial score (nSPS) is 17.4. The van der Waals surface area contributed by atoms with E-state index in [9.17, 15) is 9.90 Å². The molecule has 0 radical (unpaired) electrons. The van der Waals surface area contributed by atoms with Crippen LogP contribution in [0.15, 0.2) is 18.2 Å². The zero-order chi connectivity index (χ0) is 14.8. The van der Waals surface area contributed by atoms with Gasteiger partial charge >= 0.3 is 5.97 Å². The number of nitrogens with zero attached hydrogens (tertiary/aromatic N) is 1. The Hall–Kier alpha value is -1.26. The number of carboxylic acid groups (broad SMARTS) is 1. The fourth-order valence-corrected chi connectivity index (χ4v) is 3.22. The molecule has 0 aromatic heterocycles. The SMILES string of the molecule is CN(C)C1(CNc2cccc(Cl)c2C(=O)O)CCCC1. The molecule has 20 heavy (non-hydrogen) atoms. The molecule has 1 saturated carbocycles. The van der Waals surface area contributed by atoms with Gasteiger partial charge in [0.25, 0.3) is 0 Å². The lowest BCUT2D eigenvalue weighted by Gasteiger charge is -2.37. The van der Waals surface area contributed by atoms with Gasteiger partial charge in [-0.3, -0.25) is 0 Å². The standard InChI is InChI=1S/C15H21ClN2O2/c1-18(2)15(8-3-4-9-15)10-17-12-7-5-6-11(16)13(12)14(19)20/h5-7,17H,3-4,8-10H2,1-2H3,(H,19,20). The average molecular weight is 297 g/mol. The van der Waals surface area contributed by atoms with Gasteiger partial charge in [-0.2, -0.15) is 0 Å². The van der Waals surface area contributed by atoms with E-state index in [1.165, 1.54) is 12.8 Å². The van der Waals surface area contributed by atoms with Crippen LogP contribution < -0.4 is 5.32 Å². The van der Waals surface area contributed by atoms with E-state index >= 15 is 0 Å². The Bertz CT molecular complexity index is 497. The second-order valence-corrected chi connectivity index (χ2v) is 6.05. The van der Waals surface area contributed by atoms with E-state index in [4.69, 9.17) is 11.6 Å². The van der Waals surface area contributed by atoms with Crippen molar-refractivity contribution in [2.75, 3.05) is 26.0 Å². The zero-order valence-electron chi connectivity index (χ0n) is 11.9. The molecule has 5 heteroatoms. The minimum atomic E-state index is -0.997. The molecule has 1 aliphatic rings. The van der Waals surface area contributed by atoms with Crippen molar-refractivity contribution < 1.29 is 9.90 Å². The van der Waals surface area contributed by atoms with Gasteiger partial charge in [-0.1, -0.05) is 30.5 Å². The Balaban J connectivity index is 2.19. The number of hydrogen-bond donors (Lipinski definition) is 2. The fraction of sp³-hybridized carbons (Fsp3) is 0.533. The third-order valence-corrected chi connectivity index (χ3v) is 4.63. The molecule has 0 unspecified atom stereocenters. The number of anilines is 1. The summed E-state index contributed by atoms with van der Waals surface area (Å²) in [5, 5.41) is 12.8. The molecule has 2 rings (SSSR count). The second-order valence-electron chi connectivity index (χ2n) is 5.65. The largest absolute Gasteiger partial charge is 0.478 e. The maximum atomic E-state index is 11.3. The second kappa shape index (κ2) is 6.02. The highest BCUT2D eigenvalue weighted by molar-refractivity contribution is 6.34. The van der Waals surface area contributed by atoms with Crippen molar-refractivity contribution in [2.45, 2.75) is 31.2 Å². The Labute approximate surface area is 124 Å². The monoisotopic (exact) mass is 296 g/mol. The summed E-state index contributed by atoms with van der Waals surface area (Å²) >= 11 is 5.99. The van der Waals surface area contributed by atoms with E-state index in [1.807, 2.05) is 0 Å². The minimum Gasteiger partial charge on any atom is -0.478 e. The highest BCUT2D eigenvalue weighted by Crippen LogP contribution is 2.34. The predicted octanol–water partition coefficient (Wildman–Crippen LogP) is 3.32. The Morgan fingerprint density at radius 3 is 2.60 bits per heavy atom. The van der Waals surface area contributed by atoms with Crippen LogP contribution in [0.2, 0.25) is 5.02 Å². The molecule has 1 aromatic carbocycles. The smallest absolute Gasteiger partial charge is 0.339 e. The summed E-state index contributed by atoms with van der Waals surface area (Å²) in [6.07, 6.45) is 4.72. The Morgan fingerprint density at radius 2 is 2.05 bits per heavy atom. The van der Waals surface area contributed by atoms with Crippen LogP contribution in [0.4, 0.5) is 5.69 Å². The van der Waals surface area contributed by atoms with Crippen molar-refractivity contribution in [3.05, 3.63) is 28.8 Å². The first-order valence-electron chi connectivity index (χ1n) is 6.89. The van der Waals surface area contributed by atoms with Gasteiger partial charge < -0.3 is 15.3 Å². The van der Waals surface area contributed by atoms with Crippen molar-refractivity contribution >= 4 is 23.3 Å². The van der Waals surface area contributed by atoms with Crippen molar-refractivity contribution in [2.24, 2.45) is 0 Å². The number of aromatic carboxylic acids is 1. The highest BCUT2D eigenvalue weighted by Gasteiger charge is 2.35. The summed E-state index contributed by atoms with van der Waals surface area (Å²) in [7, 11) is 4.17. The molecule has 1 aromatic rings. The van der Waals surface area contributed by atoms with Gasteiger partial charge in [-0.05, 0) is 39.1 Å². The summed E-state index contributed by atoms with van der Waals surface area (Å²) in [5.74, 6) is -0.997. The summed E-state index contributed by atoms with van der Waals surface area (Å²) in [6.45, 7) is 0.737. The van der Waals surface area contributed by atoms with Gasteiger partial charge in [0.1, 0.15) is 5.56 Å². The number of hydrogen-bond acceptors (Lipinski definition) is 3. The zero-order valence-corrected chi connectivity index (χ0v) is 12.7. The maximum absolute atomic E-state index is 11.3. The van der Waals surface area contributed by atoms with Crippen molar-refractivity contribution in [1.82, 2.24) is 4.90 Å². The lowest BCUT2D eigenvalue weighted by molar-refractivity contribution is 0.0698. The molecular weight excluding hydrogens is 276 g/mol. The molecule has 0 saturated heterocycles. The first kappa shape index (κ1) is 15.1. The maximum Gasteiger partial charge on any atom is 0.339 e. The van der Waals surface area contributed by atoms with Crippen molar-refractivity contribution in [1.29, 1.82) is 0 Å². The quantitative estimate of drug-likeness (QED) is 0.875. The molecule has 1 fully saturated rings. The third-order valence-electron chi connectivity index (χ3n) is 4.32. The van der Waals surface area contributed by atoms with E-state index in [-0.39, 0.29) is 16.1 Å². The van der Waals surface area contributed by atoms with Gasteiger partial charge in [0.15, 0.2) is 0 Å². The van der Waals surface area contributed by atoms with E-state index in [1.54, 1.807) is 18.2 Å². The molecule has 2 N–H and O–H groups in total. The summed E-state index contributed by atoms with van der Waals surface area (Å²) in [4.78, 5) is 13.6. The van der Waals surface area contributed by atoms with Gasteiger partial charge in [-0.25, -0.2) is 4.79 Å². The first-order valence-corrected chi connectivity index (χ1v) is 7.27. The van der Waals surface area contributed by atoms with Crippen LogP contribution in [-0.4, -0.2) is 42.2 Å². The molecule has 0 atom stereocenters. The molecular formula is C15H21ClN2O2. The van der Waals surface area contributed by atoms with Gasteiger partial charge in [0.05, 0.1) is 10.7 Å². The molecule has 0 heterocycles. The predicted molar refractivity (Wildman–Crippen MR) is 81.8 cm³/mol. The minimum absolute atomic E-state index is 0.109. The fourth-order valence-electron chi connectivity index (χ4n) is 2.96. The molecule has 0 bridgehead atoms. The number of carbonyl (C=O) groups is 1. The highest BCUT2D eigenvalue weighted by atomic mass is 35.5. The van der Waals surface area contributed by atoms with Crippen LogP contribution in [0.1, 0.15) is 36.0 Å². The third kappa shape index (κ3) is 2.91. The van der Waals surface area contributed by atoms with Crippen LogP contribution in [0, 0.1) is 0 Å². The van der Waals surface area contributed by atoms with Crippen molar-refractivity contribution in [3.63, 3.8) is 0 Å². The van der Waals surface area contributed by atoms with Gasteiger partial charge in [-0.15, -0.1) is 0 Å². The Kier molecular flexibility index (Phi) is 4.55. The number of rotatable bonds is 5. The number of likely N-dealkylation sites (N-methyl/N-ethyl adjacent to an activating group) is 1. The topological polar surface area (TPSA) is 52.6 Å². The molecule has 4 nitrogen and oxygen atoms in total. The Morgan fingerprint density at radius 1 is 1.40 bits per heavy atom. The van der Waals surface area contributed by atoms with E-state index < -0.39 is 5.97 Å². The molecule has 110 valence electrons. The van der Waals surface area contributed by atoms with E-state index in [2.05, 4.69) is 24.3 Å². The van der Waals surface area contributed by atoms with Crippen LogP contribution >= 0.6 is 11.6 Å². The number of benzene rings is 1. The lowest BCUT2D eigenvalue weighted by Crippen LogP contribution is -2.47. The summed E-state index contributed by atoms with van der Waals surface area (Å²) in [6, 6.07) is 5.15. The number of carboxylic acids is 1. The number of halogens is 1. The van der Waals surface area contributed by atoms with Crippen molar-refractivity contribution in [3.8, 4) is 0 Å². The first-order chi connectivity index (χ1) is 9.46. The lowest BCUT2D eigenvalue weighted by atomic mass is 9.95. The van der Waals surface area contributed by atoms with E-state index in [0.717, 1.165) is 19.4 Å². The van der Waals surface area contributed by atoms with Crippen LogP contribution in [0.3, 0.4) is 0 Å². The van der Waals surface area contributed by atoms with Crippen LogP contribution in [-0.2, 0) is 0 Å². The molecule has 1 aliphatic carbocycles. The number of nitrogens with one attached hydrogen (secondary N) is 1. The summed E-state index contributed by atoms with van der Waals surface area (Å²) in [5.41, 5.74) is 0.858. The average Bonchev–Trinajstić information content (AvgIpc) is 2.86. The molecule has 0 aliphatic heterocycles. The van der Waals surface area contributed by atoms with Crippen LogP contribution in [0.5, 0.6) is 0 Å². The van der Waals surface area contributed by atoms with Gasteiger partial charge in [0, 0.05) is 12.1 Å². The van der Waals surface area contributed by atoms with Gasteiger partial charge in [0.2, 0.25) is 0 Å². The van der Waals surface area contributed by atoms with Crippen LogP contribution in [0.25, 0.3) is 0 Å².